The van der Waals surface area contributed by atoms with E-state index < -0.39 is 11.5 Å². The van der Waals surface area contributed by atoms with Gasteiger partial charge in [-0.1, -0.05) is 6.42 Å². The molecule has 0 bridgehead atoms. The Morgan fingerprint density at radius 2 is 1.83 bits per heavy atom. The molecule has 0 aliphatic rings. The monoisotopic (exact) mass is 260 g/mol. The molecule has 0 aliphatic carbocycles. The molecule has 0 unspecified atom stereocenters. The molecule has 0 saturated carbocycles. The van der Waals surface area contributed by atoms with Gasteiger partial charge >= 0.3 is 12.0 Å². The predicted molar refractivity (Wildman–Crippen MR) is 68.4 cm³/mol. The highest BCUT2D eigenvalue weighted by molar-refractivity contribution is 5.74. The summed E-state index contributed by atoms with van der Waals surface area (Å²) in [6, 6.07) is -0.229. The summed E-state index contributed by atoms with van der Waals surface area (Å²) in [7, 11) is 1.63. The lowest BCUT2D eigenvalue weighted by molar-refractivity contribution is -0.137. The quantitative estimate of drug-likeness (QED) is 0.569. The molecule has 0 fully saturated rings. The highest BCUT2D eigenvalue weighted by Gasteiger charge is 2.26. The average molecular weight is 260 g/mol. The van der Waals surface area contributed by atoms with Crippen LogP contribution in [-0.4, -0.2) is 52.9 Å². The lowest BCUT2D eigenvalue weighted by atomic mass is 10.1. The maximum absolute atomic E-state index is 11.7. The Kier molecular flexibility index (Phi) is 7.35. The molecule has 0 aliphatic heterocycles. The molecule has 0 aromatic heterocycles. The summed E-state index contributed by atoms with van der Waals surface area (Å²) in [4.78, 5) is 23.4. The van der Waals surface area contributed by atoms with E-state index in [0.717, 1.165) is 12.8 Å². The van der Waals surface area contributed by atoms with E-state index >= 15 is 0 Å². The molecule has 0 aromatic carbocycles. The minimum absolute atomic E-state index is 0.102. The number of carbonyl (C=O) groups excluding carboxylic acids is 1. The molecule has 0 atom stereocenters. The number of aliphatic hydroxyl groups is 1. The van der Waals surface area contributed by atoms with Crippen LogP contribution in [0.5, 0.6) is 0 Å². The summed E-state index contributed by atoms with van der Waals surface area (Å²) in [5.74, 6) is -0.788. The molecule has 0 heterocycles. The molecule has 2 amide bonds. The fraction of sp³-hybridized carbons (Fsp3) is 0.833. The molecule has 106 valence electrons. The van der Waals surface area contributed by atoms with E-state index in [9.17, 15) is 9.59 Å². The molecule has 0 spiro atoms. The van der Waals surface area contributed by atoms with E-state index in [1.54, 1.807) is 20.9 Å². The van der Waals surface area contributed by atoms with Gasteiger partial charge in [0.2, 0.25) is 0 Å². The highest BCUT2D eigenvalue weighted by Crippen LogP contribution is 2.10. The van der Waals surface area contributed by atoms with Crippen LogP contribution in [0.25, 0.3) is 0 Å². The van der Waals surface area contributed by atoms with Crippen LogP contribution in [0.4, 0.5) is 4.79 Å². The standard InChI is InChI=1S/C12H24N2O4/c1-12(2,9-15)14(3)11(18)13-8-6-4-5-7-10(16)17/h15H,4-9H2,1-3H3,(H,13,18)(H,16,17). The normalized spacial score (nSPS) is 11.1. The highest BCUT2D eigenvalue weighted by atomic mass is 16.4. The first-order chi connectivity index (χ1) is 8.31. The largest absolute Gasteiger partial charge is 0.481 e. The summed E-state index contributed by atoms with van der Waals surface area (Å²) >= 11 is 0. The summed E-state index contributed by atoms with van der Waals surface area (Å²) < 4.78 is 0. The van der Waals surface area contributed by atoms with Crippen molar-refractivity contribution >= 4 is 12.0 Å². The number of hydrogen-bond acceptors (Lipinski definition) is 3. The van der Waals surface area contributed by atoms with Gasteiger partial charge in [-0.05, 0) is 26.7 Å². The Morgan fingerprint density at radius 1 is 1.22 bits per heavy atom. The molecule has 18 heavy (non-hydrogen) atoms. The number of aliphatic hydroxyl groups excluding tert-OH is 1. The third-order valence-electron chi connectivity index (χ3n) is 2.94. The Bertz CT molecular complexity index is 279. The molecule has 3 N–H and O–H groups in total. The first-order valence-corrected chi connectivity index (χ1v) is 6.15. The van der Waals surface area contributed by atoms with Crippen LogP contribution in [0.2, 0.25) is 0 Å². The van der Waals surface area contributed by atoms with Crippen molar-refractivity contribution in [2.24, 2.45) is 0 Å². The molecule has 0 saturated heterocycles. The summed E-state index contributed by atoms with van der Waals surface area (Å²) in [6.45, 7) is 3.97. The molecular formula is C12H24N2O4. The Hall–Kier alpha value is -1.30. The van der Waals surface area contributed by atoms with Gasteiger partial charge in [0.1, 0.15) is 0 Å². The molecule has 0 rings (SSSR count). The van der Waals surface area contributed by atoms with Crippen molar-refractivity contribution in [2.45, 2.75) is 45.1 Å². The van der Waals surface area contributed by atoms with E-state index in [-0.39, 0.29) is 19.1 Å². The minimum atomic E-state index is -0.788. The third-order valence-corrected chi connectivity index (χ3v) is 2.94. The fourth-order valence-corrected chi connectivity index (χ4v) is 1.27. The molecule has 0 radical (unpaired) electrons. The number of likely N-dealkylation sites (N-methyl/N-ethyl adjacent to an activating group) is 1. The van der Waals surface area contributed by atoms with Gasteiger partial charge < -0.3 is 20.4 Å². The van der Waals surface area contributed by atoms with E-state index in [2.05, 4.69) is 5.32 Å². The number of amides is 2. The predicted octanol–water partition coefficient (Wildman–Crippen LogP) is 1.04. The number of carbonyl (C=O) groups is 2. The van der Waals surface area contributed by atoms with Crippen LogP contribution < -0.4 is 5.32 Å². The number of urea groups is 1. The van der Waals surface area contributed by atoms with Gasteiger partial charge in [0.15, 0.2) is 0 Å². The zero-order valence-electron chi connectivity index (χ0n) is 11.4. The number of rotatable bonds is 8. The van der Waals surface area contributed by atoms with Crippen LogP contribution in [0.15, 0.2) is 0 Å². The van der Waals surface area contributed by atoms with Gasteiger partial charge in [-0.2, -0.15) is 0 Å². The van der Waals surface area contributed by atoms with Crippen molar-refractivity contribution in [1.82, 2.24) is 10.2 Å². The minimum Gasteiger partial charge on any atom is -0.481 e. The summed E-state index contributed by atoms with van der Waals surface area (Å²) in [6.07, 6.45) is 2.33. The topological polar surface area (TPSA) is 89.9 Å². The van der Waals surface area contributed by atoms with Crippen molar-refractivity contribution in [3.8, 4) is 0 Å². The van der Waals surface area contributed by atoms with Crippen molar-refractivity contribution in [1.29, 1.82) is 0 Å². The lowest BCUT2D eigenvalue weighted by Crippen LogP contribution is -2.51. The van der Waals surface area contributed by atoms with Crippen molar-refractivity contribution in [3.63, 3.8) is 0 Å². The second kappa shape index (κ2) is 7.92. The number of carboxylic acids is 1. The van der Waals surface area contributed by atoms with Crippen LogP contribution in [0, 0.1) is 0 Å². The molecule has 0 aromatic rings. The second-order valence-corrected chi connectivity index (χ2v) is 4.97. The van der Waals surface area contributed by atoms with Gasteiger partial charge in [-0.25, -0.2) is 4.79 Å². The molecule has 6 nitrogen and oxygen atoms in total. The maximum atomic E-state index is 11.7. The zero-order valence-corrected chi connectivity index (χ0v) is 11.4. The number of nitrogens with zero attached hydrogens (tertiary/aromatic N) is 1. The Morgan fingerprint density at radius 3 is 2.33 bits per heavy atom. The lowest BCUT2D eigenvalue weighted by Gasteiger charge is -2.33. The van der Waals surface area contributed by atoms with Gasteiger partial charge in [-0.15, -0.1) is 0 Å². The van der Waals surface area contributed by atoms with E-state index in [0.29, 0.717) is 13.0 Å². The first kappa shape index (κ1) is 16.7. The van der Waals surface area contributed by atoms with Crippen molar-refractivity contribution in [3.05, 3.63) is 0 Å². The Labute approximate surface area is 108 Å². The van der Waals surface area contributed by atoms with Gasteiger partial charge in [0, 0.05) is 20.0 Å². The van der Waals surface area contributed by atoms with Crippen molar-refractivity contribution < 1.29 is 19.8 Å². The fourth-order valence-electron chi connectivity index (χ4n) is 1.27. The van der Waals surface area contributed by atoms with E-state index in [1.165, 1.54) is 4.90 Å². The van der Waals surface area contributed by atoms with E-state index in [1.807, 2.05) is 0 Å². The number of carboxylic acid groups (broad SMARTS) is 1. The van der Waals surface area contributed by atoms with Crippen LogP contribution in [0.3, 0.4) is 0 Å². The Balaban J connectivity index is 3.74. The zero-order chi connectivity index (χ0) is 14.2. The average Bonchev–Trinajstić information content (AvgIpc) is 2.31. The van der Waals surface area contributed by atoms with Gasteiger partial charge in [0.25, 0.3) is 0 Å². The van der Waals surface area contributed by atoms with Crippen LogP contribution in [-0.2, 0) is 4.79 Å². The van der Waals surface area contributed by atoms with Crippen LogP contribution >= 0.6 is 0 Å². The van der Waals surface area contributed by atoms with Gasteiger partial charge in [-0.3, -0.25) is 4.79 Å². The molecular weight excluding hydrogens is 236 g/mol. The third kappa shape index (κ3) is 6.44. The van der Waals surface area contributed by atoms with Crippen molar-refractivity contribution in [2.75, 3.05) is 20.2 Å². The number of hydrogen-bond donors (Lipinski definition) is 3. The second-order valence-electron chi connectivity index (χ2n) is 4.97. The summed E-state index contributed by atoms with van der Waals surface area (Å²) in [5, 5.41) is 20.3. The number of aliphatic carboxylic acids is 1. The maximum Gasteiger partial charge on any atom is 0.317 e. The number of unbranched alkanes of at least 4 members (excludes halogenated alkanes) is 2. The summed E-state index contributed by atoms with van der Waals surface area (Å²) in [5.41, 5.74) is -0.590. The number of nitrogens with one attached hydrogen (secondary N) is 1. The van der Waals surface area contributed by atoms with Crippen LogP contribution in [0.1, 0.15) is 39.5 Å². The smallest absolute Gasteiger partial charge is 0.317 e. The first-order valence-electron chi connectivity index (χ1n) is 6.15. The van der Waals surface area contributed by atoms with E-state index in [4.69, 9.17) is 10.2 Å². The molecule has 6 heteroatoms. The van der Waals surface area contributed by atoms with Gasteiger partial charge in [0.05, 0.1) is 12.1 Å². The SMILES string of the molecule is CN(C(=O)NCCCCCC(=O)O)C(C)(C)CO.